The van der Waals surface area contributed by atoms with Gasteiger partial charge in [0, 0.05) is 36.2 Å². The molecule has 1 aliphatic heterocycles. The minimum Gasteiger partial charge on any atom is -0.411 e. The molecule has 0 radical (unpaired) electrons. The SMILES string of the molecule is CCN1CCN(c2c(Cl)cccc2NC(=O)CSc2nnc(-c3ccc(Br)cc3)o2)CC1. The molecule has 1 saturated heterocycles. The molecule has 0 saturated carbocycles. The second kappa shape index (κ2) is 10.7. The monoisotopic (exact) mass is 535 g/mol. The van der Waals surface area contributed by atoms with Crippen molar-refractivity contribution in [2.24, 2.45) is 0 Å². The van der Waals surface area contributed by atoms with Gasteiger partial charge in [0.05, 0.1) is 22.2 Å². The molecule has 0 aliphatic carbocycles. The maximum atomic E-state index is 12.6. The highest BCUT2D eigenvalue weighted by Crippen LogP contribution is 2.35. The predicted molar refractivity (Wildman–Crippen MR) is 133 cm³/mol. The van der Waals surface area contributed by atoms with Crippen molar-refractivity contribution in [1.29, 1.82) is 0 Å². The molecule has 0 atom stereocenters. The molecule has 32 heavy (non-hydrogen) atoms. The maximum Gasteiger partial charge on any atom is 0.277 e. The third kappa shape index (κ3) is 5.64. The first-order valence-electron chi connectivity index (χ1n) is 10.3. The molecule has 10 heteroatoms. The highest BCUT2D eigenvalue weighted by molar-refractivity contribution is 9.10. The van der Waals surface area contributed by atoms with Crippen LogP contribution in [-0.4, -0.2) is 59.5 Å². The van der Waals surface area contributed by atoms with Gasteiger partial charge in [0.25, 0.3) is 5.22 Å². The third-order valence-corrected chi connectivity index (χ3v) is 6.87. The van der Waals surface area contributed by atoms with Crippen molar-refractivity contribution in [3.05, 3.63) is 52.0 Å². The van der Waals surface area contributed by atoms with Gasteiger partial charge in [0.2, 0.25) is 11.8 Å². The molecule has 168 valence electrons. The summed E-state index contributed by atoms with van der Waals surface area (Å²) in [5.74, 6) is 0.412. The van der Waals surface area contributed by atoms with E-state index in [4.69, 9.17) is 16.0 Å². The standard InChI is InChI=1S/C22H23BrClN5O2S/c1-2-28-10-12-29(13-11-28)20-17(24)4-3-5-18(20)25-19(30)14-32-22-27-26-21(31-22)15-6-8-16(23)9-7-15/h3-9H,2,10-14H2,1H3,(H,25,30). The molecule has 0 bridgehead atoms. The molecular weight excluding hydrogens is 514 g/mol. The number of halogens is 2. The van der Waals surface area contributed by atoms with Gasteiger partial charge in [-0.2, -0.15) is 0 Å². The molecular formula is C22H23BrClN5O2S. The Morgan fingerprint density at radius 3 is 2.62 bits per heavy atom. The smallest absolute Gasteiger partial charge is 0.277 e. The van der Waals surface area contributed by atoms with Crippen LogP contribution >= 0.6 is 39.3 Å². The van der Waals surface area contributed by atoms with Crippen LogP contribution in [0.3, 0.4) is 0 Å². The summed E-state index contributed by atoms with van der Waals surface area (Å²) in [5.41, 5.74) is 2.41. The van der Waals surface area contributed by atoms with Gasteiger partial charge >= 0.3 is 0 Å². The molecule has 0 unspecified atom stereocenters. The summed E-state index contributed by atoms with van der Waals surface area (Å²) in [5, 5.41) is 12.1. The number of rotatable bonds is 7. The average Bonchev–Trinajstić information content (AvgIpc) is 3.28. The number of para-hydroxylation sites is 1. The number of nitrogens with zero attached hydrogens (tertiary/aromatic N) is 4. The van der Waals surface area contributed by atoms with E-state index in [0.29, 0.717) is 21.8 Å². The Bertz CT molecular complexity index is 1070. The van der Waals surface area contributed by atoms with Crippen LogP contribution in [-0.2, 0) is 4.79 Å². The summed E-state index contributed by atoms with van der Waals surface area (Å²) in [4.78, 5) is 17.3. The second-order valence-corrected chi connectivity index (χ2v) is 9.52. The lowest BCUT2D eigenvalue weighted by molar-refractivity contribution is -0.113. The van der Waals surface area contributed by atoms with Gasteiger partial charge < -0.3 is 19.5 Å². The van der Waals surface area contributed by atoms with E-state index in [9.17, 15) is 4.79 Å². The first kappa shape index (κ1) is 23.1. The third-order valence-electron chi connectivity index (χ3n) is 5.22. The van der Waals surface area contributed by atoms with Crippen LogP contribution in [0, 0.1) is 0 Å². The highest BCUT2D eigenvalue weighted by Gasteiger charge is 2.21. The second-order valence-electron chi connectivity index (χ2n) is 7.27. The van der Waals surface area contributed by atoms with E-state index >= 15 is 0 Å². The molecule has 0 spiro atoms. The van der Waals surface area contributed by atoms with Crippen LogP contribution in [0.15, 0.2) is 56.6 Å². The minimum absolute atomic E-state index is 0.150. The van der Waals surface area contributed by atoms with Crippen molar-refractivity contribution in [3.63, 3.8) is 0 Å². The van der Waals surface area contributed by atoms with Crippen molar-refractivity contribution in [2.45, 2.75) is 12.1 Å². The Kier molecular flexibility index (Phi) is 7.72. The van der Waals surface area contributed by atoms with E-state index in [2.05, 4.69) is 48.2 Å². The van der Waals surface area contributed by atoms with Gasteiger partial charge in [-0.25, -0.2) is 0 Å². The summed E-state index contributed by atoms with van der Waals surface area (Å²) >= 11 is 11.1. The van der Waals surface area contributed by atoms with E-state index in [1.165, 1.54) is 11.8 Å². The summed E-state index contributed by atoms with van der Waals surface area (Å²) in [7, 11) is 0. The van der Waals surface area contributed by atoms with Crippen molar-refractivity contribution < 1.29 is 9.21 Å². The zero-order valence-electron chi connectivity index (χ0n) is 17.6. The van der Waals surface area contributed by atoms with Crippen LogP contribution in [0.25, 0.3) is 11.5 Å². The topological polar surface area (TPSA) is 74.5 Å². The number of likely N-dealkylation sites (N-methyl/N-ethyl adjacent to an activating group) is 1. The zero-order valence-corrected chi connectivity index (χ0v) is 20.7. The van der Waals surface area contributed by atoms with Crippen LogP contribution in [0.5, 0.6) is 0 Å². The molecule has 1 fully saturated rings. The number of carbonyl (C=O) groups excluding carboxylic acids is 1. The molecule has 2 heterocycles. The summed E-state index contributed by atoms with van der Waals surface area (Å²) in [6, 6.07) is 13.2. The first-order valence-corrected chi connectivity index (χ1v) is 12.5. The number of hydrogen-bond acceptors (Lipinski definition) is 7. The largest absolute Gasteiger partial charge is 0.411 e. The number of nitrogens with one attached hydrogen (secondary N) is 1. The fraction of sp³-hybridized carbons (Fsp3) is 0.318. The minimum atomic E-state index is -0.158. The molecule has 4 rings (SSSR count). The molecule has 1 amide bonds. The zero-order chi connectivity index (χ0) is 22.5. The number of thioether (sulfide) groups is 1. The van der Waals surface area contributed by atoms with Crippen molar-refractivity contribution in [3.8, 4) is 11.5 Å². The Morgan fingerprint density at radius 1 is 1.16 bits per heavy atom. The predicted octanol–water partition coefficient (Wildman–Crippen LogP) is 5.03. The Balaban J connectivity index is 1.38. The van der Waals surface area contributed by atoms with Gasteiger partial charge in [-0.3, -0.25) is 4.79 Å². The number of aromatic nitrogens is 2. The van der Waals surface area contributed by atoms with E-state index < -0.39 is 0 Å². The Morgan fingerprint density at radius 2 is 1.91 bits per heavy atom. The maximum absolute atomic E-state index is 12.6. The molecule has 1 aromatic heterocycles. The average molecular weight is 537 g/mol. The first-order chi connectivity index (χ1) is 15.5. The van der Waals surface area contributed by atoms with Gasteiger partial charge in [-0.15, -0.1) is 10.2 Å². The van der Waals surface area contributed by atoms with E-state index in [1.54, 1.807) is 0 Å². The summed E-state index contributed by atoms with van der Waals surface area (Å²) in [6.07, 6.45) is 0. The summed E-state index contributed by atoms with van der Waals surface area (Å²) in [6.45, 7) is 6.90. The number of amides is 1. The lowest BCUT2D eigenvalue weighted by atomic mass is 10.2. The fourth-order valence-corrected chi connectivity index (χ4v) is 4.64. The quantitative estimate of drug-likeness (QED) is 0.425. The lowest BCUT2D eigenvalue weighted by Crippen LogP contribution is -2.46. The molecule has 1 N–H and O–H groups in total. The van der Waals surface area contributed by atoms with Crippen molar-refractivity contribution in [2.75, 3.05) is 48.7 Å². The molecule has 2 aromatic carbocycles. The lowest BCUT2D eigenvalue weighted by Gasteiger charge is -2.36. The number of benzene rings is 2. The van der Waals surface area contributed by atoms with Crippen molar-refractivity contribution >= 4 is 56.6 Å². The Labute approximate surface area is 204 Å². The van der Waals surface area contributed by atoms with Crippen molar-refractivity contribution in [1.82, 2.24) is 15.1 Å². The van der Waals surface area contributed by atoms with E-state index in [-0.39, 0.29) is 11.7 Å². The van der Waals surface area contributed by atoms with Gasteiger partial charge in [0.15, 0.2) is 0 Å². The van der Waals surface area contributed by atoms with Gasteiger partial charge in [-0.05, 0) is 42.9 Å². The number of anilines is 2. The van der Waals surface area contributed by atoms with Crippen LogP contribution in [0.2, 0.25) is 5.02 Å². The number of carbonyl (C=O) groups is 1. The Hall–Kier alpha value is -2.07. The van der Waals surface area contributed by atoms with E-state index in [0.717, 1.165) is 48.4 Å². The molecule has 7 nitrogen and oxygen atoms in total. The summed E-state index contributed by atoms with van der Waals surface area (Å²) < 4.78 is 6.65. The van der Waals surface area contributed by atoms with Crippen LogP contribution in [0.4, 0.5) is 11.4 Å². The van der Waals surface area contributed by atoms with E-state index in [1.807, 2.05) is 42.5 Å². The fourth-order valence-electron chi connectivity index (χ4n) is 3.52. The van der Waals surface area contributed by atoms with Gasteiger partial charge in [-0.1, -0.05) is 52.3 Å². The number of piperazine rings is 1. The van der Waals surface area contributed by atoms with Crippen LogP contribution < -0.4 is 10.2 Å². The normalized spacial score (nSPS) is 14.5. The van der Waals surface area contributed by atoms with Crippen LogP contribution in [0.1, 0.15) is 6.92 Å². The highest BCUT2D eigenvalue weighted by atomic mass is 79.9. The molecule has 3 aromatic rings. The van der Waals surface area contributed by atoms with Gasteiger partial charge in [0.1, 0.15) is 0 Å². The number of hydrogen-bond donors (Lipinski definition) is 1. The molecule has 1 aliphatic rings.